The molecule has 2 heterocycles. The van der Waals surface area contributed by atoms with E-state index in [4.69, 9.17) is 0 Å². The number of carbonyl (C=O) groups is 1. The summed E-state index contributed by atoms with van der Waals surface area (Å²) in [6.07, 6.45) is 4.71. The third-order valence-electron chi connectivity index (χ3n) is 5.47. The number of carbonyl (C=O) groups excluding carboxylic acids is 1. The van der Waals surface area contributed by atoms with Crippen molar-refractivity contribution in [1.29, 1.82) is 0 Å². The lowest BCUT2D eigenvalue weighted by molar-refractivity contribution is -0.145. The molecular weight excluding hydrogens is 331 g/mol. The standard InChI is InChI=1S/C17H21FN2O3S/c18-13-3-7-15(8-4-13)24(22,23)20-12-2-10-17(20)9-1-11-19(16(17)21)14-5-6-14/h3-4,7-8,14H,1-2,5-6,9-12H2. The molecule has 3 fully saturated rings. The van der Waals surface area contributed by atoms with E-state index in [-0.39, 0.29) is 10.8 Å². The maximum Gasteiger partial charge on any atom is 0.244 e. The van der Waals surface area contributed by atoms with Crippen LogP contribution < -0.4 is 0 Å². The van der Waals surface area contributed by atoms with Crippen LogP contribution in [0, 0.1) is 5.82 Å². The number of sulfonamides is 1. The highest BCUT2D eigenvalue weighted by molar-refractivity contribution is 7.89. The van der Waals surface area contributed by atoms with Crippen LogP contribution in [0.1, 0.15) is 38.5 Å². The fraction of sp³-hybridized carbons (Fsp3) is 0.588. The summed E-state index contributed by atoms with van der Waals surface area (Å²) in [6.45, 7) is 1.08. The SMILES string of the molecule is O=C1N(C2CC2)CCCC12CCCN2S(=O)(=O)c1ccc(F)cc1. The summed E-state index contributed by atoms with van der Waals surface area (Å²) in [4.78, 5) is 15.1. The van der Waals surface area contributed by atoms with Crippen molar-refractivity contribution in [3.05, 3.63) is 30.1 Å². The summed E-state index contributed by atoms with van der Waals surface area (Å²) in [5.41, 5.74) is -0.936. The Hall–Kier alpha value is -1.47. The molecule has 130 valence electrons. The molecule has 0 aromatic heterocycles. The second-order valence-electron chi connectivity index (χ2n) is 7.00. The number of nitrogens with zero attached hydrogens (tertiary/aromatic N) is 2. The minimum absolute atomic E-state index is 0.0283. The number of likely N-dealkylation sites (tertiary alicyclic amines) is 1. The molecule has 5 nitrogen and oxygen atoms in total. The van der Waals surface area contributed by atoms with E-state index < -0.39 is 21.4 Å². The molecule has 0 N–H and O–H groups in total. The monoisotopic (exact) mass is 352 g/mol. The number of halogens is 1. The third kappa shape index (κ3) is 2.37. The van der Waals surface area contributed by atoms with Crippen LogP contribution in [0.2, 0.25) is 0 Å². The highest BCUT2D eigenvalue weighted by Crippen LogP contribution is 2.44. The van der Waals surface area contributed by atoms with Gasteiger partial charge in [-0.15, -0.1) is 0 Å². The van der Waals surface area contributed by atoms with Crippen molar-refractivity contribution in [2.75, 3.05) is 13.1 Å². The van der Waals surface area contributed by atoms with E-state index >= 15 is 0 Å². The van der Waals surface area contributed by atoms with E-state index in [9.17, 15) is 17.6 Å². The molecule has 1 atom stereocenters. The Morgan fingerprint density at radius 2 is 1.67 bits per heavy atom. The minimum Gasteiger partial charge on any atom is -0.338 e. The molecule has 7 heteroatoms. The first-order valence-corrected chi connectivity index (χ1v) is 9.99. The van der Waals surface area contributed by atoms with Gasteiger partial charge < -0.3 is 4.90 Å². The molecule has 3 aliphatic rings. The van der Waals surface area contributed by atoms with Crippen LogP contribution in [0.4, 0.5) is 4.39 Å². The predicted molar refractivity (Wildman–Crippen MR) is 86.2 cm³/mol. The summed E-state index contributed by atoms with van der Waals surface area (Å²) >= 11 is 0. The molecule has 0 radical (unpaired) electrons. The van der Waals surface area contributed by atoms with Crippen LogP contribution in [-0.2, 0) is 14.8 Å². The molecule has 1 unspecified atom stereocenters. The van der Waals surface area contributed by atoms with Gasteiger partial charge in [0.25, 0.3) is 0 Å². The smallest absolute Gasteiger partial charge is 0.244 e. The second kappa shape index (κ2) is 5.52. The zero-order chi connectivity index (χ0) is 16.9. The highest BCUT2D eigenvalue weighted by Gasteiger charge is 2.57. The van der Waals surface area contributed by atoms with Gasteiger partial charge in [0.2, 0.25) is 15.9 Å². The van der Waals surface area contributed by atoms with E-state index in [1.165, 1.54) is 16.4 Å². The topological polar surface area (TPSA) is 57.7 Å². The molecule has 2 aliphatic heterocycles. The summed E-state index contributed by atoms with van der Waals surface area (Å²) < 4.78 is 40.7. The van der Waals surface area contributed by atoms with Gasteiger partial charge in [-0.3, -0.25) is 4.79 Å². The summed E-state index contributed by atoms with van der Waals surface area (Å²) in [7, 11) is -3.81. The van der Waals surface area contributed by atoms with Crippen LogP contribution in [-0.4, -0.2) is 48.2 Å². The normalized spacial score (nSPS) is 28.7. The number of hydrogen-bond donors (Lipinski definition) is 0. The highest BCUT2D eigenvalue weighted by atomic mass is 32.2. The third-order valence-corrected chi connectivity index (χ3v) is 7.45. The molecule has 1 aromatic rings. The molecule has 1 saturated carbocycles. The lowest BCUT2D eigenvalue weighted by Crippen LogP contribution is -2.61. The summed E-state index contributed by atoms with van der Waals surface area (Å²) in [5, 5.41) is 0. The van der Waals surface area contributed by atoms with Gasteiger partial charge >= 0.3 is 0 Å². The number of rotatable bonds is 3. The Labute approximate surface area is 141 Å². The average Bonchev–Trinajstić information content (AvgIpc) is 3.31. The zero-order valence-electron chi connectivity index (χ0n) is 13.4. The van der Waals surface area contributed by atoms with Crippen molar-refractivity contribution in [3.8, 4) is 0 Å². The molecule has 1 aliphatic carbocycles. The van der Waals surface area contributed by atoms with E-state index in [0.29, 0.717) is 31.8 Å². The predicted octanol–water partition coefficient (Wildman–Crippen LogP) is 2.13. The molecule has 1 spiro atoms. The maximum absolute atomic E-state index is 13.1. The quantitative estimate of drug-likeness (QED) is 0.837. The van der Waals surface area contributed by atoms with Gasteiger partial charge in [0.05, 0.1) is 4.90 Å². The van der Waals surface area contributed by atoms with Gasteiger partial charge in [-0.2, -0.15) is 4.31 Å². The molecule has 2 saturated heterocycles. The van der Waals surface area contributed by atoms with Crippen molar-refractivity contribution < 1.29 is 17.6 Å². The fourth-order valence-electron chi connectivity index (χ4n) is 4.15. The molecule has 24 heavy (non-hydrogen) atoms. The molecule has 0 bridgehead atoms. The van der Waals surface area contributed by atoms with Crippen LogP contribution in [0.25, 0.3) is 0 Å². The van der Waals surface area contributed by atoms with Crippen molar-refractivity contribution >= 4 is 15.9 Å². The average molecular weight is 352 g/mol. The molecule has 4 rings (SSSR count). The van der Waals surface area contributed by atoms with E-state index in [1.54, 1.807) is 0 Å². The Bertz CT molecular complexity index is 761. The Morgan fingerprint density at radius 3 is 2.29 bits per heavy atom. The molecule has 1 aromatic carbocycles. The largest absolute Gasteiger partial charge is 0.338 e. The van der Waals surface area contributed by atoms with Crippen molar-refractivity contribution in [2.45, 2.75) is 55.0 Å². The van der Waals surface area contributed by atoms with Gasteiger partial charge in [0, 0.05) is 19.1 Å². The Morgan fingerprint density at radius 1 is 1.04 bits per heavy atom. The van der Waals surface area contributed by atoms with Crippen LogP contribution >= 0.6 is 0 Å². The van der Waals surface area contributed by atoms with Gasteiger partial charge in [0.1, 0.15) is 11.4 Å². The first-order valence-electron chi connectivity index (χ1n) is 8.55. The number of hydrogen-bond acceptors (Lipinski definition) is 3. The van der Waals surface area contributed by atoms with Gasteiger partial charge in [-0.05, 0) is 62.8 Å². The second-order valence-corrected chi connectivity index (χ2v) is 8.86. The molecular formula is C17H21FN2O3S. The van der Waals surface area contributed by atoms with Gasteiger partial charge in [0.15, 0.2) is 0 Å². The van der Waals surface area contributed by atoms with E-state index in [0.717, 1.165) is 37.9 Å². The Kier molecular flexibility index (Phi) is 3.69. The fourth-order valence-corrected chi connectivity index (χ4v) is 5.98. The van der Waals surface area contributed by atoms with Gasteiger partial charge in [-0.25, -0.2) is 12.8 Å². The summed E-state index contributed by atoms with van der Waals surface area (Å²) in [5.74, 6) is -0.502. The Balaban J connectivity index is 1.71. The van der Waals surface area contributed by atoms with Crippen molar-refractivity contribution in [2.24, 2.45) is 0 Å². The molecule has 1 amide bonds. The van der Waals surface area contributed by atoms with Crippen LogP contribution in [0.15, 0.2) is 29.2 Å². The van der Waals surface area contributed by atoms with Gasteiger partial charge in [-0.1, -0.05) is 0 Å². The van der Waals surface area contributed by atoms with Crippen molar-refractivity contribution in [3.63, 3.8) is 0 Å². The summed E-state index contributed by atoms with van der Waals surface area (Å²) in [6, 6.07) is 5.15. The lowest BCUT2D eigenvalue weighted by atomic mass is 9.86. The van der Waals surface area contributed by atoms with E-state index in [1.807, 2.05) is 4.90 Å². The number of amides is 1. The number of piperidine rings is 1. The van der Waals surface area contributed by atoms with E-state index in [2.05, 4.69) is 0 Å². The minimum atomic E-state index is -3.81. The lowest BCUT2D eigenvalue weighted by Gasteiger charge is -2.44. The first kappa shape index (κ1) is 16.0. The maximum atomic E-state index is 13.1. The van der Waals surface area contributed by atoms with Crippen LogP contribution in [0.5, 0.6) is 0 Å². The first-order chi connectivity index (χ1) is 11.4. The van der Waals surface area contributed by atoms with Crippen LogP contribution in [0.3, 0.4) is 0 Å². The zero-order valence-corrected chi connectivity index (χ0v) is 14.3. The number of benzene rings is 1. The van der Waals surface area contributed by atoms with Crippen molar-refractivity contribution in [1.82, 2.24) is 9.21 Å².